The summed E-state index contributed by atoms with van der Waals surface area (Å²) in [5, 5.41) is 6.82. The Kier molecular flexibility index (Phi) is 8.51. The van der Waals surface area contributed by atoms with Crippen molar-refractivity contribution in [3.63, 3.8) is 0 Å². The number of hydrogen-bond donors (Lipinski definition) is 2. The minimum absolute atomic E-state index is 0.601. The Bertz CT molecular complexity index is 596. The molecule has 152 valence electrons. The van der Waals surface area contributed by atoms with Crippen molar-refractivity contribution in [1.29, 1.82) is 0 Å². The lowest BCUT2D eigenvalue weighted by atomic mass is 9.98. The van der Waals surface area contributed by atoms with Crippen molar-refractivity contribution in [2.75, 3.05) is 54.6 Å². The summed E-state index contributed by atoms with van der Waals surface area (Å²) in [7, 11) is 6.65. The second-order valence-corrected chi connectivity index (χ2v) is 6.74. The van der Waals surface area contributed by atoms with Crippen LogP contribution >= 0.6 is 0 Å². The molecule has 7 nitrogen and oxygen atoms in total. The zero-order valence-corrected chi connectivity index (χ0v) is 17.3. The van der Waals surface area contributed by atoms with Gasteiger partial charge >= 0.3 is 0 Å². The first-order valence-corrected chi connectivity index (χ1v) is 9.60. The molecule has 0 bridgehead atoms. The van der Waals surface area contributed by atoms with Crippen LogP contribution < -0.4 is 24.8 Å². The van der Waals surface area contributed by atoms with Gasteiger partial charge in [-0.05, 0) is 49.5 Å². The second kappa shape index (κ2) is 10.9. The largest absolute Gasteiger partial charge is 0.493 e. The topological polar surface area (TPSA) is 67.4 Å². The third-order valence-corrected chi connectivity index (χ3v) is 5.02. The summed E-state index contributed by atoms with van der Waals surface area (Å²) >= 11 is 0. The molecule has 7 heteroatoms. The minimum Gasteiger partial charge on any atom is -0.493 e. The zero-order chi connectivity index (χ0) is 19.6. The maximum absolute atomic E-state index is 5.42. The van der Waals surface area contributed by atoms with Gasteiger partial charge in [0.1, 0.15) is 0 Å². The van der Waals surface area contributed by atoms with Crippen molar-refractivity contribution in [1.82, 2.24) is 15.5 Å². The number of guanidine groups is 1. The molecule has 0 spiro atoms. The van der Waals surface area contributed by atoms with Crippen LogP contribution in [0.25, 0.3) is 0 Å². The lowest BCUT2D eigenvalue weighted by Crippen LogP contribution is -2.44. The number of likely N-dealkylation sites (tertiary alicyclic amines) is 1. The fraction of sp³-hybridized carbons (Fsp3) is 0.650. The van der Waals surface area contributed by atoms with Gasteiger partial charge in [0.05, 0.1) is 21.3 Å². The molecule has 2 rings (SSSR count). The van der Waals surface area contributed by atoms with E-state index in [4.69, 9.17) is 14.2 Å². The van der Waals surface area contributed by atoms with E-state index in [2.05, 4.69) is 27.4 Å². The van der Waals surface area contributed by atoms with Crippen LogP contribution in [0.3, 0.4) is 0 Å². The Labute approximate surface area is 163 Å². The molecule has 1 atom stereocenters. The van der Waals surface area contributed by atoms with Crippen LogP contribution in [0.5, 0.6) is 17.2 Å². The third-order valence-electron chi connectivity index (χ3n) is 5.02. The van der Waals surface area contributed by atoms with E-state index >= 15 is 0 Å². The first kappa shape index (κ1) is 21.2. The average molecular weight is 379 g/mol. The van der Waals surface area contributed by atoms with Gasteiger partial charge in [-0.1, -0.05) is 6.92 Å². The number of nitrogens with one attached hydrogen (secondary N) is 2. The highest BCUT2D eigenvalue weighted by Crippen LogP contribution is 2.38. The van der Waals surface area contributed by atoms with E-state index in [9.17, 15) is 0 Å². The Hall–Kier alpha value is -2.15. The van der Waals surface area contributed by atoms with Crippen LogP contribution in [-0.2, 0) is 6.54 Å². The molecule has 1 unspecified atom stereocenters. The van der Waals surface area contributed by atoms with Crippen molar-refractivity contribution >= 4 is 5.96 Å². The molecule has 0 aliphatic carbocycles. The molecule has 0 radical (unpaired) electrons. The smallest absolute Gasteiger partial charge is 0.203 e. The van der Waals surface area contributed by atoms with E-state index < -0.39 is 0 Å². The van der Waals surface area contributed by atoms with Crippen LogP contribution in [0.4, 0.5) is 0 Å². The van der Waals surface area contributed by atoms with Gasteiger partial charge in [-0.3, -0.25) is 4.99 Å². The van der Waals surface area contributed by atoms with Crippen LogP contribution in [0.15, 0.2) is 17.1 Å². The Morgan fingerprint density at radius 2 is 1.85 bits per heavy atom. The lowest BCUT2D eigenvalue weighted by molar-refractivity contribution is 0.183. The molecule has 1 fully saturated rings. The predicted molar refractivity (Wildman–Crippen MR) is 109 cm³/mol. The highest BCUT2D eigenvalue weighted by Gasteiger charge is 2.19. The van der Waals surface area contributed by atoms with E-state index in [0.717, 1.165) is 31.2 Å². The molecular formula is C20H34N4O3. The first-order chi connectivity index (χ1) is 13.1. The Balaban J connectivity index is 1.92. The van der Waals surface area contributed by atoms with Gasteiger partial charge in [-0.2, -0.15) is 0 Å². The molecule has 1 aliphatic heterocycles. The van der Waals surface area contributed by atoms with Gasteiger partial charge in [0.25, 0.3) is 0 Å². The minimum atomic E-state index is 0.601. The molecule has 0 amide bonds. The molecule has 1 aromatic rings. The highest BCUT2D eigenvalue weighted by atomic mass is 16.5. The normalized spacial score (nSPS) is 18.1. The fourth-order valence-corrected chi connectivity index (χ4v) is 3.49. The van der Waals surface area contributed by atoms with E-state index in [0.29, 0.717) is 29.7 Å². The van der Waals surface area contributed by atoms with Gasteiger partial charge in [-0.25, -0.2) is 0 Å². The van der Waals surface area contributed by atoms with Crippen molar-refractivity contribution in [3.8, 4) is 17.2 Å². The molecule has 2 N–H and O–H groups in total. The molecule has 1 saturated heterocycles. The Morgan fingerprint density at radius 3 is 2.41 bits per heavy atom. The standard InChI is InChI=1S/C20H34N4O3/c1-6-24-9-7-8-15(14-24)12-22-20(21-2)23-13-16-10-17(25-3)19(27-5)18(11-16)26-4/h10-11,15H,6-9,12-14H2,1-5H3,(H2,21,22,23). The monoisotopic (exact) mass is 378 g/mol. The van der Waals surface area contributed by atoms with E-state index in [1.165, 1.54) is 19.4 Å². The molecule has 0 aromatic heterocycles. The van der Waals surface area contributed by atoms with Gasteiger partial charge in [0.2, 0.25) is 5.75 Å². The van der Waals surface area contributed by atoms with Crippen molar-refractivity contribution in [3.05, 3.63) is 17.7 Å². The summed E-state index contributed by atoms with van der Waals surface area (Å²) < 4.78 is 16.2. The number of nitrogens with zero attached hydrogens (tertiary/aromatic N) is 2. The van der Waals surface area contributed by atoms with Gasteiger partial charge < -0.3 is 29.7 Å². The van der Waals surface area contributed by atoms with Crippen LogP contribution in [-0.4, -0.2) is 65.4 Å². The SMILES string of the molecule is CCN1CCCC(CNC(=NC)NCc2cc(OC)c(OC)c(OC)c2)C1. The fourth-order valence-electron chi connectivity index (χ4n) is 3.49. The van der Waals surface area contributed by atoms with Crippen molar-refractivity contribution < 1.29 is 14.2 Å². The van der Waals surface area contributed by atoms with E-state index in [1.807, 2.05) is 12.1 Å². The van der Waals surface area contributed by atoms with Crippen LogP contribution in [0.1, 0.15) is 25.3 Å². The van der Waals surface area contributed by atoms with Gasteiger partial charge in [0.15, 0.2) is 17.5 Å². The molecule has 1 aliphatic rings. The average Bonchev–Trinajstić information content (AvgIpc) is 2.73. The lowest BCUT2D eigenvalue weighted by Gasteiger charge is -2.32. The first-order valence-electron chi connectivity index (χ1n) is 9.60. The number of aliphatic imine (C=N–C) groups is 1. The molecule has 27 heavy (non-hydrogen) atoms. The molecule has 1 heterocycles. The summed E-state index contributed by atoms with van der Waals surface area (Å²) in [4.78, 5) is 6.86. The predicted octanol–water partition coefficient (Wildman–Crippen LogP) is 2.11. The second-order valence-electron chi connectivity index (χ2n) is 6.74. The summed E-state index contributed by atoms with van der Waals surface area (Å²) in [5.41, 5.74) is 1.03. The van der Waals surface area contributed by atoms with Crippen molar-refractivity contribution in [2.45, 2.75) is 26.3 Å². The maximum Gasteiger partial charge on any atom is 0.203 e. The zero-order valence-electron chi connectivity index (χ0n) is 17.3. The maximum atomic E-state index is 5.42. The molecule has 1 aromatic carbocycles. The summed E-state index contributed by atoms with van der Waals surface area (Å²) in [6, 6.07) is 3.89. The number of rotatable bonds is 8. The molecular weight excluding hydrogens is 344 g/mol. The quantitative estimate of drug-likeness (QED) is 0.533. The molecule has 0 saturated carbocycles. The number of piperidine rings is 1. The van der Waals surface area contributed by atoms with E-state index in [-0.39, 0.29) is 0 Å². The number of methoxy groups -OCH3 is 3. The van der Waals surface area contributed by atoms with Crippen molar-refractivity contribution in [2.24, 2.45) is 10.9 Å². The summed E-state index contributed by atoms with van der Waals surface area (Å²) in [6.07, 6.45) is 2.55. The summed E-state index contributed by atoms with van der Waals surface area (Å²) in [6.45, 7) is 7.29. The van der Waals surface area contributed by atoms with Gasteiger partial charge in [0, 0.05) is 26.7 Å². The summed E-state index contributed by atoms with van der Waals surface area (Å²) in [5.74, 6) is 3.37. The van der Waals surface area contributed by atoms with Crippen LogP contribution in [0.2, 0.25) is 0 Å². The number of hydrogen-bond acceptors (Lipinski definition) is 5. The highest BCUT2D eigenvalue weighted by molar-refractivity contribution is 5.79. The van der Waals surface area contributed by atoms with Gasteiger partial charge in [-0.15, -0.1) is 0 Å². The third kappa shape index (κ3) is 5.92. The van der Waals surface area contributed by atoms with Crippen LogP contribution in [0, 0.1) is 5.92 Å². The number of benzene rings is 1. The van der Waals surface area contributed by atoms with E-state index in [1.54, 1.807) is 28.4 Å². The number of ether oxygens (including phenoxy) is 3. The Morgan fingerprint density at radius 1 is 1.15 bits per heavy atom.